The lowest BCUT2D eigenvalue weighted by Gasteiger charge is -2.24. The highest BCUT2D eigenvalue weighted by molar-refractivity contribution is 5.36. The molecule has 2 aliphatic heterocycles. The van der Waals surface area contributed by atoms with Crippen molar-refractivity contribution in [3.05, 3.63) is 12.0 Å². The molecule has 1 fully saturated rings. The minimum absolute atomic E-state index is 0.780. The van der Waals surface area contributed by atoms with Gasteiger partial charge in [-0.1, -0.05) is 0 Å². The molecule has 0 saturated carbocycles. The number of nitrogens with zero attached hydrogens (tertiary/aromatic N) is 2. The molecule has 1 aromatic heterocycles. The average Bonchev–Trinajstić information content (AvgIpc) is 2.74. The van der Waals surface area contributed by atoms with Gasteiger partial charge >= 0.3 is 0 Å². The van der Waals surface area contributed by atoms with Crippen molar-refractivity contribution in [2.45, 2.75) is 32.2 Å². The molecule has 0 bridgehead atoms. The number of imidazole rings is 1. The van der Waals surface area contributed by atoms with Crippen molar-refractivity contribution in [1.82, 2.24) is 14.9 Å². The lowest BCUT2D eigenvalue weighted by molar-refractivity contribution is 0.365. The third-order valence-corrected chi connectivity index (χ3v) is 3.67. The third kappa shape index (κ3) is 1.94. The van der Waals surface area contributed by atoms with Crippen molar-refractivity contribution in [1.29, 1.82) is 0 Å². The summed E-state index contributed by atoms with van der Waals surface area (Å²) in [7, 11) is 0. The van der Waals surface area contributed by atoms with Crippen LogP contribution in [0.3, 0.4) is 0 Å². The molecule has 0 radical (unpaired) electrons. The lowest BCUT2D eigenvalue weighted by atomic mass is 9.96. The van der Waals surface area contributed by atoms with E-state index >= 15 is 0 Å². The fourth-order valence-corrected chi connectivity index (χ4v) is 2.78. The van der Waals surface area contributed by atoms with E-state index in [2.05, 4.69) is 20.2 Å². The minimum Gasteiger partial charge on any atom is -0.370 e. The zero-order valence-corrected chi connectivity index (χ0v) is 9.71. The Balaban J connectivity index is 1.71. The number of fused-ring (bicyclic) bond motifs is 1. The maximum absolute atomic E-state index is 4.56. The molecule has 4 nitrogen and oxygen atoms in total. The number of rotatable bonds is 2. The van der Waals surface area contributed by atoms with E-state index in [-0.39, 0.29) is 0 Å². The Morgan fingerprint density at radius 2 is 2.38 bits per heavy atom. The van der Waals surface area contributed by atoms with Gasteiger partial charge in [0.25, 0.3) is 0 Å². The zero-order chi connectivity index (χ0) is 10.8. The SMILES string of the molecule is c1nc(CC2CCCNC2)n2c1NCCC2. The molecule has 0 spiro atoms. The van der Waals surface area contributed by atoms with Gasteiger partial charge in [0, 0.05) is 19.5 Å². The van der Waals surface area contributed by atoms with Crippen LogP contribution in [0.4, 0.5) is 5.82 Å². The predicted molar refractivity (Wildman–Crippen MR) is 64.6 cm³/mol. The van der Waals surface area contributed by atoms with Crippen LogP contribution in [0.5, 0.6) is 0 Å². The van der Waals surface area contributed by atoms with Gasteiger partial charge in [-0.05, 0) is 38.3 Å². The first-order chi connectivity index (χ1) is 7.93. The molecule has 1 aromatic rings. The molecule has 2 N–H and O–H groups in total. The summed E-state index contributed by atoms with van der Waals surface area (Å²) in [6, 6.07) is 0. The van der Waals surface area contributed by atoms with Crippen molar-refractivity contribution >= 4 is 5.82 Å². The Morgan fingerprint density at radius 1 is 1.38 bits per heavy atom. The van der Waals surface area contributed by atoms with Crippen LogP contribution in [-0.2, 0) is 13.0 Å². The largest absolute Gasteiger partial charge is 0.370 e. The van der Waals surface area contributed by atoms with Crippen LogP contribution in [0.15, 0.2) is 6.20 Å². The van der Waals surface area contributed by atoms with Crippen LogP contribution in [0.1, 0.15) is 25.1 Å². The van der Waals surface area contributed by atoms with Crippen molar-refractivity contribution in [3.8, 4) is 0 Å². The summed E-state index contributed by atoms with van der Waals surface area (Å²) in [4.78, 5) is 4.56. The van der Waals surface area contributed by atoms with E-state index < -0.39 is 0 Å². The molecule has 0 aliphatic carbocycles. The molecule has 1 unspecified atom stereocenters. The van der Waals surface area contributed by atoms with Gasteiger partial charge in [-0.25, -0.2) is 4.98 Å². The van der Waals surface area contributed by atoms with E-state index in [4.69, 9.17) is 0 Å². The molecule has 0 amide bonds. The maximum Gasteiger partial charge on any atom is 0.126 e. The predicted octanol–water partition coefficient (Wildman–Crippen LogP) is 1.24. The number of aromatic nitrogens is 2. The summed E-state index contributed by atoms with van der Waals surface area (Å²) in [6.45, 7) is 4.58. The van der Waals surface area contributed by atoms with Gasteiger partial charge in [0.1, 0.15) is 11.6 Å². The van der Waals surface area contributed by atoms with Crippen LogP contribution in [0.25, 0.3) is 0 Å². The summed E-state index contributed by atoms with van der Waals surface area (Å²) in [5, 5.41) is 6.88. The number of nitrogens with one attached hydrogen (secondary N) is 2. The van der Waals surface area contributed by atoms with Crippen molar-refractivity contribution in [2.24, 2.45) is 5.92 Å². The summed E-state index contributed by atoms with van der Waals surface area (Å²) in [6.07, 6.45) is 7.01. The van der Waals surface area contributed by atoms with E-state index in [0.717, 1.165) is 32.0 Å². The van der Waals surface area contributed by atoms with Crippen molar-refractivity contribution < 1.29 is 0 Å². The van der Waals surface area contributed by atoms with E-state index in [1.54, 1.807) is 0 Å². The van der Waals surface area contributed by atoms with E-state index in [1.807, 2.05) is 6.20 Å². The van der Waals surface area contributed by atoms with Crippen molar-refractivity contribution in [2.75, 3.05) is 25.0 Å². The van der Waals surface area contributed by atoms with Crippen LogP contribution in [0, 0.1) is 5.92 Å². The minimum atomic E-state index is 0.780. The summed E-state index contributed by atoms with van der Waals surface area (Å²) >= 11 is 0. The quantitative estimate of drug-likeness (QED) is 0.788. The van der Waals surface area contributed by atoms with E-state index in [9.17, 15) is 0 Å². The molecule has 0 aromatic carbocycles. The highest BCUT2D eigenvalue weighted by Crippen LogP contribution is 2.21. The number of anilines is 1. The molecular formula is C12H20N4. The summed E-state index contributed by atoms with van der Waals surface area (Å²) in [5.74, 6) is 3.27. The third-order valence-electron chi connectivity index (χ3n) is 3.67. The number of piperidine rings is 1. The van der Waals surface area contributed by atoms with Gasteiger partial charge in [0.05, 0.1) is 6.20 Å². The topological polar surface area (TPSA) is 41.9 Å². The molecule has 4 heteroatoms. The highest BCUT2D eigenvalue weighted by atomic mass is 15.2. The Labute approximate surface area is 96.4 Å². The van der Waals surface area contributed by atoms with Crippen LogP contribution >= 0.6 is 0 Å². The van der Waals surface area contributed by atoms with Crippen molar-refractivity contribution in [3.63, 3.8) is 0 Å². The second kappa shape index (κ2) is 4.45. The molecular weight excluding hydrogens is 200 g/mol. The summed E-state index contributed by atoms with van der Waals surface area (Å²) < 4.78 is 2.36. The fourth-order valence-electron chi connectivity index (χ4n) is 2.78. The molecule has 88 valence electrons. The normalized spacial score (nSPS) is 24.9. The Kier molecular flexibility index (Phi) is 2.82. The first-order valence-corrected chi connectivity index (χ1v) is 6.42. The van der Waals surface area contributed by atoms with Gasteiger partial charge in [-0.15, -0.1) is 0 Å². The van der Waals surface area contributed by atoms with E-state index in [1.165, 1.54) is 37.4 Å². The van der Waals surface area contributed by atoms with Gasteiger partial charge < -0.3 is 15.2 Å². The number of hydrogen-bond acceptors (Lipinski definition) is 3. The lowest BCUT2D eigenvalue weighted by Crippen LogP contribution is -2.31. The average molecular weight is 220 g/mol. The maximum atomic E-state index is 4.56. The van der Waals surface area contributed by atoms with Crippen LogP contribution < -0.4 is 10.6 Å². The molecule has 3 heterocycles. The second-order valence-electron chi connectivity index (χ2n) is 4.91. The number of hydrogen-bond donors (Lipinski definition) is 2. The first kappa shape index (κ1) is 10.1. The highest BCUT2D eigenvalue weighted by Gasteiger charge is 2.19. The van der Waals surface area contributed by atoms with Crippen LogP contribution in [-0.4, -0.2) is 29.2 Å². The summed E-state index contributed by atoms with van der Waals surface area (Å²) in [5.41, 5.74) is 0. The Bertz CT molecular complexity index is 352. The monoisotopic (exact) mass is 220 g/mol. The molecule has 2 aliphatic rings. The molecule has 1 atom stereocenters. The Morgan fingerprint density at radius 3 is 3.25 bits per heavy atom. The standard InChI is InChI=1S/C12H20N4/c1-3-10(8-13-4-1)7-11-15-9-12-14-5-2-6-16(11)12/h9-10,13-14H,1-8H2. The smallest absolute Gasteiger partial charge is 0.126 e. The Hall–Kier alpha value is -1.03. The van der Waals surface area contributed by atoms with Crippen LogP contribution in [0.2, 0.25) is 0 Å². The fraction of sp³-hybridized carbons (Fsp3) is 0.750. The van der Waals surface area contributed by atoms with Gasteiger partial charge in [0.15, 0.2) is 0 Å². The molecule has 3 rings (SSSR count). The van der Waals surface area contributed by atoms with E-state index in [0.29, 0.717) is 0 Å². The van der Waals surface area contributed by atoms with Gasteiger partial charge in [0.2, 0.25) is 0 Å². The second-order valence-corrected chi connectivity index (χ2v) is 4.91. The first-order valence-electron chi connectivity index (χ1n) is 6.42. The molecule has 1 saturated heterocycles. The van der Waals surface area contributed by atoms with Gasteiger partial charge in [-0.3, -0.25) is 0 Å². The molecule has 16 heavy (non-hydrogen) atoms. The zero-order valence-electron chi connectivity index (χ0n) is 9.71. The van der Waals surface area contributed by atoms with Gasteiger partial charge in [-0.2, -0.15) is 0 Å².